The van der Waals surface area contributed by atoms with Crippen LogP contribution in [0.4, 0.5) is 5.82 Å². The Morgan fingerprint density at radius 2 is 1.46 bits per heavy atom. The van der Waals surface area contributed by atoms with E-state index in [-0.39, 0.29) is 5.56 Å². The van der Waals surface area contributed by atoms with Crippen LogP contribution in [0.2, 0.25) is 0 Å². The minimum Gasteiger partial charge on any atom is -0.354 e. The van der Waals surface area contributed by atoms with Crippen molar-refractivity contribution in [3.05, 3.63) is 82.9 Å². The summed E-state index contributed by atoms with van der Waals surface area (Å²) < 4.78 is 29.2. The maximum Gasteiger partial charge on any atom is 0.263 e. The molecule has 2 aromatic carbocycles. The molecule has 0 N–H and O–H groups in total. The molecule has 0 amide bonds. The van der Waals surface area contributed by atoms with E-state index < -0.39 is 10.0 Å². The molecule has 0 atom stereocenters. The normalized spacial score (nSPS) is 14.8. The molecule has 0 saturated carbocycles. The third-order valence-corrected chi connectivity index (χ3v) is 8.44. The van der Waals surface area contributed by atoms with Gasteiger partial charge in [0.25, 0.3) is 5.56 Å². The molecule has 0 aliphatic carbocycles. The lowest BCUT2D eigenvalue weighted by atomic mass is 10.1. The van der Waals surface area contributed by atoms with Gasteiger partial charge in [-0.05, 0) is 37.1 Å². The molecule has 0 unspecified atom stereocenters. The van der Waals surface area contributed by atoms with E-state index in [0.717, 1.165) is 24.9 Å². The van der Waals surface area contributed by atoms with E-state index in [1.807, 2.05) is 36.4 Å². The van der Waals surface area contributed by atoms with Crippen LogP contribution in [0.5, 0.6) is 0 Å². The van der Waals surface area contributed by atoms with Crippen molar-refractivity contribution in [3.63, 3.8) is 0 Å². The number of hydrogen-bond acceptors (Lipinski definition) is 5. The number of para-hydroxylation sites is 1. The molecule has 1 aromatic heterocycles. The predicted molar refractivity (Wildman–Crippen MR) is 140 cm³/mol. The highest BCUT2D eigenvalue weighted by Gasteiger charge is 2.30. The van der Waals surface area contributed by atoms with Crippen molar-refractivity contribution >= 4 is 15.8 Å². The average Bonchev–Trinajstić information content (AvgIpc) is 2.90. The van der Waals surface area contributed by atoms with Gasteiger partial charge in [-0.1, -0.05) is 69.0 Å². The fourth-order valence-electron chi connectivity index (χ4n) is 4.53. The third kappa shape index (κ3) is 5.82. The quantitative estimate of drug-likeness (QED) is 0.394. The van der Waals surface area contributed by atoms with Crippen molar-refractivity contribution in [1.82, 2.24) is 13.9 Å². The van der Waals surface area contributed by atoms with E-state index in [2.05, 4.69) is 11.8 Å². The van der Waals surface area contributed by atoms with Gasteiger partial charge in [0.1, 0.15) is 12.1 Å². The van der Waals surface area contributed by atoms with E-state index in [1.54, 1.807) is 35.2 Å². The van der Waals surface area contributed by atoms with Gasteiger partial charge in [0.05, 0.1) is 16.1 Å². The van der Waals surface area contributed by atoms with Gasteiger partial charge in [-0.25, -0.2) is 13.4 Å². The molecule has 8 heteroatoms. The molecule has 7 nitrogen and oxygen atoms in total. The average molecular weight is 495 g/mol. The number of benzene rings is 2. The van der Waals surface area contributed by atoms with Crippen LogP contribution in [0.15, 0.2) is 76.7 Å². The third-order valence-electron chi connectivity index (χ3n) is 6.53. The van der Waals surface area contributed by atoms with Gasteiger partial charge in [-0.15, -0.1) is 0 Å². The summed E-state index contributed by atoms with van der Waals surface area (Å²) in [5.41, 5.74) is 1.46. The second-order valence-electron chi connectivity index (χ2n) is 8.93. The van der Waals surface area contributed by atoms with Gasteiger partial charge in [-0.3, -0.25) is 9.36 Å². The van der Waals surface area contributed by atoms with Gasteiger partial charge in [0.15, 0.2) is 0 Å². The van der Waals surface area contributed by atoms with E-state index in [4.69, 9.17) is 4.98 Å². The van der Waals surface area contributed by atoms with E-state index in [9.17, 15) is 13.2 Å². The summed E-state index contributed by atoms with van der Waals surface area (Å²) in [6.07, 6.45) is 7.82. The monoisotopic (exact) mass is 494 g/mol. The van der Waals surface area contributed by atoms with Crippen LogP contribution in [0.1, 0.15) is 44.6 Å². The molecule has 3 aromatic rings. The Hall–Kier alpha value is -2.97. The Balaban J connectivity index is 1.55. The Morgan fingerprint density at radius 3 is 2.11 bits per heavy atom. The number of nitrogens with zero attached hydrogens (tertiary/aromatic N) is 4. The molecule has 186 valence electrons. The standard InChI is InChI=1S/C27H34N4O3S/c1-2-3-4-5-12-17-25-26(28-22-31(27(25)32)23-13-8-6-9-14-23)29-18-20-30(21-19-29)35(33,34)24-15-10-7-11-16-24/h6-11,13-16,22H,2-5,12,17-21H2,1H3. The van der Waals surface area contributed by atoms with Crippen molar-refractivity contribution in [2.24, 2.45) is 0 Å². The highest BCUT2D eigenvalue weighted by molar-refractivity contribution is 7.89. The highest BCUT2D eigenvalue weighted by atomic mass is 32.2. The minimum atomic E-state index is -3.53. The number of anilines is 1. The summed E-state index contributed by atoms with van der Waals surface area (Å²) in [6, 6.07) is 18.1. The van der Waals surface area contributed by atoms with Crippen molar-refractivity contribution in [2.45, 2.75) is 50.3 Å². The van der Waals surface area contributed by atoms with Crippen LogP contribution >= 0.6 is 0 Å². The first kappa shape index (κ1) is 25.1. The summed E-state index contributed by atoms with van der Waals surface area (Å²) in [4.78, 5) is 20.6. The lowest BCUT2D eigenvalue weighted by Gasteiger charge is -2.35. The molecule has 0 spiro atoms. The summed E-state index contributed by atoms with van der Waals surface area (Å²) >= 11 is 0. The fraction of sp³-hybridized carbons (Fsp3) is 0.407. The molecule has 0 bridgehead atoms. The molecule has 0 radical (unpaired) electrons. The van der Waals surface area contributed by atoms with Crippen molar-refractivity contribution in [1.29, 1.82) is 0 Å². The van der Waals surface area contributed by atoms with E-state index in [1.165, 1.54) is 17.1 Å². The first-order chi connectivity index (χ1) is 17.0. The minimum absolute atomic E-state index is 0.0453. The molecular weight excluding hydrogens is 460 g/mol. The lowest BCUT2D eigenvalue weighted by molar-refractivity contribution is 0.383. The number of unbranched alkanes of at least 4 members (excludes halogenated alkanes) is 4. The number of rotatable bonds is 10. The summed E-state index contributed by atoms with van der Waals surface area (Å²) in [7, 11) is -3.53. The number of aromatic nitrogens is 2. The molecule has 35 heavy (non-hydrogen) atoms. The fourth-order valence-corrected chi connectivity index (χ4v) is 5.98. The summed E-state index contributed by atoms with van der Waals surface area (Å²) in [5.74, 6) is 0.689. The maximum absolute atomic E-state index is 13.6. The maximum atomic E-state index is 13.6. The van der Waals surface area contributed by atoms with Crippen LogP contribution in [0, 0.1) is 0 Å². The van der Waals surface area contributed by atoms with E-state index >= 15 is 0 Å². The largest absolute Gasteiger partial charge is 0.354 e. The summed E-state index contributed by atoms with van der Waals surface area (Å²) in [5, 5.41) is 0. The SMILES string of the molecule is CCCCCCCc1c(N2CCN(S(=O)(=O)c3ccccc3)CC2)ncn(-c2ccccc2)c1=O. The molecular formula is C27H34N4O3S. The number of sulfonamides is 1. The first-order valence-electron chi connectivity index (χ1n) is 12.5. The van der Waals surface area contributed by atoms with Crippen molar-refractivity contribution in [3.8, 4) is 5.69 Å². The second kappa shape index (κ2) is 11.6. The Morgan fingerprint density at radius 1 is 0.829 bits per heavy atom. The van der Waals surface area contributed by atoms with Gasteiger partial charge in [0, 0.05) is 26.2 Å². The van der Waals surface area contributed by atoms with Crippen LogP contribution in [0.25, 0.3) is 5.69 Å². The topological polar surface area (TPSA) is 75.5 Å². The van der Waals surface area contributed by atoms with Gasteiger partial charge < -0.3 is 4.90 Å². The van der Waals surface area contributed by atoms with Gasteiger partial charge in [0.2, 0.25) is 10.0 Å². The zero-order valence-corrected chi connectivity index (χ0v) is 21.2. The Kier molecular flexibility index (Phi) is 8.36. The molecule has 1 aliphatic rings. The molecule has 1 fully saturated rings. The predicted octanol–water partition coefficient (Wildman–Crippen LogP) is 4.26. The first-order valence-corrected chi connectivity index (χ1v) is 13.9. The van der Waals surface area contributed by atoms with Crippen molar-refractivity contribution < 1.29 is 8.42 Å². The molecule has 2 heterocycles. The number of hydrogen-bond donors (Lipinski definition) is 0. The van der Waals surface area contributed by atoms with Crippen LogP contribution < -0.4 is 10.5 Å². The Bertz CT molecular complexity index is 1250. The van der Waals surface area contributed by atoms with Crippen LogP contribution in [-0.4, -0.2) is 48.5 Å². The second-order valence-corrected chi connectivity index (χ2v) is 10.9. The Labute approximate surface area is 208 Å². The summed E-state index contributed by atoms with van der Waals surface area (Å²) in [6.45, 7) is 3.90. The van der Waals surface area contributed by atoms with Gasteiger partial charge >= 0.3 is 0 Å². The molecule has 4 rings (SSSR count). The van der Waals surface area contributed by atoms with Crippen molar-refractivity contribution in [2.75, 3.05) is 31.1 Å². The van der Waals surface area contributed by atoms with Gasteiger partial charge in [-0.2, -0.15) is 4.31 Å². The number of piperazine rings is 1. The smallest absolute Gasteiger partial charge is 0.263 e. The molecule has 1 aliphatic heterocycles. The zero-order chi connectivity index (χ0) is 24.7. The van der Waals surface area contributed by atoms with Crippen LogP contribution in [0.3, 0.4) is 0 Å². The lowest BCUT2D eigenvalue weighted by Crippen LogP contribution is -2.49. The zero-order valence-electron chi connectivity index (χ0n) is 20.3. The van der Waals surface area contributed by atoms with E-state index in [0.29, 0.717) is 48.9 Å². The molecule has 1 saturated heterocycles. The highest BCUT2D eigenvalue weighted by Crippen LogP contribution is 2.23. The van der Waals surface area contributed by atoms with Crippen LogP contribution in [-0.2, 0) is 16.4 Å².